The van der Waals surface area contributed by atoms with Gasteiger partial charge in [0.05, 0.1) is 4.90 Å². The van der Waals surface area contributed by atoms with Gasteiger partial charge >= 0.3 is 5.97 Å². The zero-order chi connectivity index (χ0) is 28.1. The van der Waals surface area contributed by atoms with E-state index in [1.807, 2.05) is 0 Å². The molecule has 0 amide bonds. The van der Waals surface area contributed by atoms with E-state index in [2.05, 4.69) is 5.32 Å². The van der Waals surface area contributed by atoms with Crippen LogP contribution in [-0.4, -0.2) is 50.2 Å². The van der Waals surface area contributed by atoms with Crippen LogP contribution in [-0.2, 0) is 43.1 Å². The average molecular weight is 600 g/mol. The van der Waals surface area contributed by atoms with Gasteiger partial charge < -0.3 is 14.7 Å². The number of sulfone groups is 1. The second kappa shape index (κ2) is 12.6. The maximum Gasteiger partial charge on any atom is 0.321 e. The SMILES string of the molecule is COP(=O)(CCc1cc(Cl)c(CN[C@@H](Cc2cccc(S(C)(=O)=O)c2)C(=O)O)c(Cl)c1)c1cccc(O)c1. The topological polar surface area (TPSA) is 130 Å². The van der Waals surface area contributed by atoms with Crippen LogP contribution in [0, 0.1) is 0 Å². The third-order valence-corrected chi connectivity index (χ3v) is 10.3. The molecule has 0 fully saturated rings. The molecule has 0 aliphatic rings. The van der Waals surface area contributed by atoms with Crippen LogP contribution in [0.25, 0.3) is 0 Å². The van der Waals surface area contributed by atoms with Gasteiger partial charge in [0.25, 0.3) is 0 Å². The van der Waals surface area contributed by atoms with Gasteiger partial charge in [0.2, 0.25) is 7.37 Å². The molecule has 0 saturated carbocycles. The highest BCUT2D eigenvalue weighted by atomic mass is 35.5. The first-order chi connectivity index (χ1) is 17.8. The van der Waals surface area contributed by atoms with E-state index in [0.29, 0.717) is 38.5 Å². The molecule has 0 aliphatic heterocycles. The lowest BCUT2D eigenvalue weighted by molar-refractivity contribution is -0.139. The standard InChI is InChI=1S/C26H28Cl2NO7PS/c1-36-37(33,20-7-4-6-19(30)15-20)10-9-18-12-23(27)22(24(28)13-18)16-29-25(26(31)32)14-17-5-3-8-21(11-17)38(2,34)35/h3-8,11-13,15,25,29-30H,9-10,14,16H2,1-2H3,(H,31,32)/t25-,37?/m0/s1. The van der Waals surface area contributed by atoms with Crippen molar-refractivity contribution in [3.63, 3.8) is 0 Å². The fraction of sp³-hybridized carbons (Fsp3) is 0.269. The van der Waals surface area contributed by atoms with Crippen molar-refractivity contribution < 1.29 is 32.5 Å². The molecule has 8 nitrogen and oxygen atoms in total. The van der Waals surface area contributed by atoms with E-state index in [1.54, 1.807) is 36.4 Å². The number of hydrogen-bond acceptors (Lipinski definition) is 7. The van der Waals surface area contributed by atoms with E-state index in [1.165, 1.54) is 31.4 Å². The number of aromatic hydroxyl groups is 1. The number of benzene rings is 3. The molecule has 12 heteroatoms. The molecule has 3 aromatic rings. The Bertz CT molecular complexity index is 1460. The number of carboxylic acid groups (broad SMARTS) is 1. The lowest BCUT2D eigenvalue weighted by atomic mass is 10.0. The Morgan fingerprint density at radius 1 is 1.05 bits per heavy atom. The monoisotopic (exact) mass is 599 g/mol. The fourth-order valence-electron chi connectivity index (χ4n) is 3.89. The summed E-state index contributed by atoms with van der Waals surface area (Å²) in [6.45, 7) is 0.0561. The molecule has 0 spiro atoms. The predicted molar refractivity (Wildman–Crippen MR) is 149 cm³/mol. The minimum absolute atomic E-state index is 0.00881. The molecule has 0 aromatic heterocycles. The highest BCUT2D eigenvalue weighted by Crippen LogP contribution is 2.46. The van der Waals surface area contributed by atoms with Crippen LogP contribution in [0.1, 0.15) is 16.7 Å². The zero-order valence-electron chi connectivity index (χ0n) is 20.7. The molecule has 0 saturated heterocycles. The molecule has 3 aromatic carbocycles. The van der Waals surface area contributed by atoms with Crippen molar-refractivity contribution in [2.75, 3.05) is 19.5 Å². The van der Waals surface area contributed by atoms with Crippen molar-refractivity contribution in [2.45, 2.75) is 30.3 Å². The normalized spacial score (nSPS) is 14.1. The van der Waals surface area contributed by atoms with Gasteiger partial charge in [-0.15, -0.1) is 0 Å². The molecule has 0 aliphatic carbocycles. The van der Waals surface area contributed by atoms with Crippen LogP contribution < -0.4 is 10.6 Å². The number of nitrogens with one attached hydrogen (secondary N) is 1. The van der Waals surface area contributed by atoms with Crippen LogP contribution >= 0.6 is 30.6 Å². The third-order valence-electron chi connectivity index (χ3n) is 6.00. The predicted octanol–water partition coefficient (Wildman–Crippen LogP) is 4.68. The number of phenolic OH excluding ortho intramolecular Hbond substituents is 1. The Labute approximate surface area is 231 Å². The molecule has 3 N–H and O–H groups in total. The summed E-state index contributed by atoms with van der Waals surface area (Å²) in [7, 11) is -5.30. The number of carbonyl (C=O) groups is 1. The Morgan fingerprint density at radius 2 is 1.71 bits per heavy atom. The maximum absolute atomic E-state index is 13.3. The van der Waals surface area contributed by atoms with Gasteiger partial charge in [-0.2, -0.15) is 0 Å². The lowest BCUT2D eigenvalue weighted by Crippen LogP contribution is -2.38. The molecule has 1 unspecified atom stereocenters. The summed E-state index contributed by atoms with van der Waals surface area (Å²) in [5, 5.41) is 23.4. The molecule has 0 bridgehead atoms. The first kappa shape index (κ1) is 30.2. The summed E-state index contributed by atoms with van der Waals surface area (Å²) in [5.74, 6) is -1.12. The highest BCUT2D eigenvalue weighted by molar-refractivity contribution is 7.90. The summed E-state index contributed by atoms with van der Waals surface area (Å²) < 4.78 is 42.3. The van der Waals surface area contributed by atoms with E-state index in [4.69, 9.17) is 27.7 Å². The van der Waals surface area contributed by atoms with Gasteiger partial charge in [-0.1, -0.05) is 41.4 Å². The van der Waals surface area contributed by atoms with Crippen molar-refractivity contribution in [3.05, 3.63) is 87.4 Å². The summed E-state index contributed by atoms with van der Waals surface area (Å²) in [4.78, 5) is 12.0. The highest BCUT2D eigenvalue weighted by Gasteiger charge is 2.25. The molecule has 38 heavy (non-hydrogen) atoms. The molecule has 0 radical (unpaired) electrons. The maximum atomic E-state index is 13.3. The van der Waals surface area contributed by atoms with Gasteiger partial charge in [0.15, 0.2) is 9.84 Å². The number of carboxylic acids is 1. The Kier molecular flexibility index (Phi) is 10.0. The van der Waals surface area contributed by atoms with Gasteiger partial charge in [-0.3, -0.25) is 14.7 Å². The Hall–Kier alpha value is -2.39. The Balaban J connectivity index is 1.71. The number of phenols is 1. The second-order valence-electron chi connectivity index (χ2n) is 8.78. The van der Waals surface area contributed by atoms with Gasteiger partial charge in [-0.25, -0.2) is 8.42 Å². The van der Waals surface area contributed by atoms with Crippen LogP contribution in [0.5, 0.6) is 5.75 Å². The van der Waals surface area contributed by atoms with E-state index in [-0.39, 0.29) is 29.8 Å². The molecule has 0 heterocycles. The van der Waals surface area contributed by atoms with E-state index in [0.717, 1.165) is 6.26 Å². The number of aliphatic carboxylic acids is 1. The number of hydrogen-bond donors (Lipinski definition) is 3. The summed E-state index contributed by atoms with van der Waals surface area (Å²) in [5.41, 5.74) is 1.76. The third kappa shape index (κ3) is 7.82. The van der Waals surface area contributed by atoms with E-state index >= 15 is 0 Å². The van der Waals surface area contributed by atoms with Crippen molar-refractivity contribution in [1.82, 2.24) is 5.32 Å². The van der Waals surface area contributed by atoms with E-state index in [9.17, 15) is 28.0 Å². The summed E-state index contributed by atoms with van der Waals surface area (Å²) in [6.07, 6.45) is 1.63. The van der Waals surface area contributed by atoms with E-state index < -0.39 is 29.2 Å². The van der Waals surface area contributed by atoms with Crippen molar-refractivity contribution in [2.24, 2.45) is 0 Å². The summed E-state index contributed by atoms with van der Waals surface area (Å²) in [6, 6.07) is 14.6. The number of aryl methyl sites for hydroxylation is 1. The van der Waals surface area contributed by atoms with Crippen LogP contribution in [0.15, 0.2) is 65.6 Å². The summed E-state index contributed by atoms with van der Waals surface area (Å²) >= 11 is 13.0. The van der Waals surface area contributed by atoms with Gasteiger partial charge in [-0.05, 0) is 66.4 Å². The first-order valence-electron chi connectivity index (χ1n) is 11.5. The minimum atomic E-state index is -3.42. The van der Waals surface area contributed by atoms with Crippen LogP contribution in [0.4, 0.5) is 0 Å². The second-order valence-corrected chi connectivity index (χ2v) is 14.3. The van der Waals surface area contributed by atoms with Crippen molar-refractivity contribution >= 4 is 51.7 Å². The van der Waals surface area contributed by atoms with Crippen molar-refractivity contribution in [1.29, 1.82) is 0 Å². The average Bonchev–Trinajstić information content (AvgIpc) is 2.85. The molecule has 2 atom stereocenters. The van der Waals surface area contributed by atoms with Crippen LogP contribution in [0.2, 0.25) is 10.0 Å². The minimum Gasteiger partial charge on any atom is -0.508 e. The molecule has 204 valence electrons. The Morgan fingerprint density at radius 3 is 2.29 bits per heavy atom. The first-order valence-corrected chi connectivity index (χ1v) is 15.9. The van der Waals surface area contributed by atoms with Gasteiger partial charge in [0.1, 0.15) is 11.8 Å². The molecular weight excluding hydrogens is 572 g/mol. The molecule has 3 rings (SSSR count). The zero-order valence-corrected chi connectivity index (χ0v) is 23.9. The van der Waals surface area contributed by atoms with Crippen molar-refractivity contribution in [3.8, 4) is 5.75 Å². The number of rotatable bonds is 12. The van der Waals surface area contributed by atoms with Crippen LogP contribution in [0.3, 0.4) is 0 Å². The number of halogens is 2. The van der Waals surface area contributed by atoms with Gasteiger partial charge in [0, 0.05) is 47.0 Å². The quantitative estimate of drug-likeness (QED) is 0.256. The molecular formula is C26H28Cl2NO7PS. The smallest absolute Gasteiger partial charge is 0.321 e. The fourth-order valence-corrected chi connectivity index (χ4v) is 7.09. The largest absolute Gasteiger partial charge is 0.508 e. The lowest BCUT2D eigenvalue weighted by Gasteiger charge is -2.18.